The summed E-state index contributed by atoms with van der Waals surface area (Å²) in [5.41, 5.74) is 6.56. The topological polar surface area (TPSA) is 78.8 Å². The van der Waals surface area contributed by atoms with Gasteiger partial charge in [-0.1, -0.05) is 54.6 Å². The third kappa shape index (κ3) is 3.57. The minimum Gasteiger partial charge on any atom is -0.508 e. The van der Waals surface area contributed by atoms with Gasteiger partial charge in [0, 0.05) is 0 Å². The lowest BCUT2D eigenvalue weighted by Gasteiger charge is -2.17. The molecule has 142 valence electrons. The van der Waals surface area contributed by atoms with Gasteiger partial charge < -0.3 is 20.3 Å². The van der Waals surface area contributed by atoms with Crippen LogP contribution in [0.4, 0.5) is 4.79 Å². The van der Waals surface area contributed by atoms with Crippen LogP contribution in [0.15, 0.2) is 66.7 Å². The molecule has 0 radical (unpaired) electrons. The number of ether oxygens (including phenoxy) is 1. The number of phenolic OH excluding ortho intramolecular Hbond substituents is 1. The predicted molar refractivity (Wildman–Crippen MR) is 106 cm³/mol. The van der Waals surface area contributed by atoms with Gasteiger partial charge in [0.1, 0.15) is 12.4 Å². The summed E-state index contributed by atoms with van der Waals surface area (Å²) in [4.78, 5) is 12.3. The first-order valence-corrected chi connectivity index (χ1v) is 9.18. The lowest BCUT2D eigenvalue weighted by molar-refractivity contribution is 0.129. The van der Waals surface area contributed by atoms with Crippen molar-refractivity contribution in [3.05, 3.63) is 89.0 Å². The molecule has 0 fully saturated rings. The highest BCUT2D eigenvalue weighted by Gasteiger charge is 2.21. The van der Waals surface area contributed by atoms with Gasteiger partial charge in [-0.25, -0.2) is 4.79 Å². The predicted octanol–water partition coefficient (Wildman–Crippen LogP) is 3.92. The minimum atomic E-state index is -0.598. The summed E-state index contributed by atoms with van der Waals surface area (Å²) in [5, 5.41) is 21.6. The van der Waals surface area contributed by atoms with Crippen molar-refractivity contribution in [3.63, 3.8) is 0 Å². The number of nitrogens with one attached hydrogen (secondary N) is 1. The Morgan fingerprint density at radius 1 is 1.00 bits per heavy atom. The fraction of sp³-hybridized carbons (Fsp3) is 0.174. The minimum absolute atomic E-state index is 0.127. The van der Waals surface area contributed by atoms with E-state index < -0.39 is 12.1 Å². The Morgan fingerprint density at radius 2 is 1.75 bits per heavy atom. The number of aliphatic hydroxyl groups excluding tert-OH is 1. The van der Waals surface area contributed by atoms with E-state index in [-0.39, 0.29) is 19.0 Å². The molecule has 5 nitrogen and oxygen atoms in total. The van der Waals surface area contributed by atoms with E-state index in [2.05, 4.69) is 23.5 Å². The SMILES string of the molecule is O=C(N[C@@H](CO)c1ccc(O)cc1)OCc1cccc2c1Cc1ccccc1-2. The molecule has 5 heteroatoms. The zero-order valence-corrected chi connectivity index (χ0v) is 15.3. The number of hydrogen-bond donors (Lipinski definition) is 3. The largest absolute Gasteiger partial charge is 0.508 e. The van der Waals surface area contributed by atoms with Crippen molar-refractivity contribution in [1.29, 1.82) is 0 Å². The Hall–Kier alpha value is -3.31. The highest BCUT2D eigenvalue weighted by molar-refractivity contribution is 5.78. The van der Waals surface area contributed by atoms with Crippen LogP contribution in [0.3, 0.4) is 0 Å². The summed E-state index contributed by atoms with van der Waals surface area (Å²) in [5.74, 6) is 0.127. The van der Waals surface area contributed by atoms with E-state index in [1.54, 1.807) is 12.1 Å². The van der Waals surface area contributed by atoms with Crippen LogP contribution < -0.4 is 5.32 Å². The van der Waals surface area contributed by atoms with Gasteiger partial charge in [-0.2, -0.15) is 0 Å². The van der Waals surface area contributed by atoms with Crippen molar-refractivity contribution in [2.75, 3.05) is 6.61 Å². The zero-order valence-electron chi connectivity index (χ0n) is 15.3. The van der Waals surface area contributed by atoms with Gasteiger partial charge >= 0.3 is 6.09 Å². The summed E-state index contributed by atoms with van der Waals surface area (Å²) < 4.78 is 5.42. The van der Waals surface area contributed by atoms with Crippen molar-refractivity contribution in [1.82, 2.24) is 5.32 Å². The van der Waals surface area contributed by atoms with Crippen LogP contribution in [0.25, 0.3) is 11.1 Å². The molecule has 0 aromatic heterocycles. The molecule has 3 N–H and O–H groups in total. The second kappa shape index (κ2) is 7.74. The van der Waals surface area contributed by atoms with Gasteiger partial charge in [0.25, 0.3) is 0 Å². The van der Waals surface area contributed by atoms with Crippen molar-refractivity contribution >= 4 is 6.09 Å². The molecular formula is C23H21NO4. The number of aromatic hydroxyl groups is 1. The quantitative estimate of drug-likeness (QED) is 0.494. The number of phenols is 1. The Labute approximate surface area is 163 Å². The van der Waals surface area contributed by atoms with Crippen molar-refractivity contribution in [2.45, 2.75) is 19.1 Å². The number of fused-ring (bicyclic) bond motifs is 3. The molecular weight excluding hydrogens is 354 g/mol. The molecule has 1 atom stereocenters. The van der Waals surface area contributed by atoms with Crippen molar-refractivity contribution < 1.29 is 19.7 Å². The van der Waals surface area contributed by atoms with Crippen LogP contribution in [0.2, 0.25) is 0 Å². The van der Waals surface area contributed by atoms with Crippen molar-refractivity contribution in [2.24, 2.45) is 0 Å². The monoisotopic (exact) mass is 375 g/mol. The number of aliphatic hydroxyl groups is 1. The molecule has 0 aliphatic heterocycles. The molecule has 1 amide bonds. The third-order valence-corrected chi connectivity index (χ3v) is 5.08. The molecule has 0 bridgehead atoms. The van der Waals surface area contributed by atoms with E-state index >= 15 is 0 Å². The van der Waals surface area contributed by atoms with Crippen LogP contribution >= 0.6 is 0 Å². The van der Waals surface area contributed by atoms with Gasteiger partial charge in [-0.05, 0) is 51.9 Å². The second-order valence-corrected chi connectivity index (χ2v) is 6.82. The number of rotatable bonds is 5. The maximum Gasteiger partial charge on any atom is 0.408 e. The number of benzene rings is 3. The summed E-state index contributed by atoms with van der Waals surface area (Å²) in [6, 6.07) is 20.1. The number of amides is 1. The first kappa shape index (κ1) is 18.1. The summed E-state index contributed by atoms with van der Waals surface area (Å²) in [6.07, 6.45) is 0.236. The molecule has 28 heavy (non-hydrogen) atoms. The Morgan fingerprint density at radius 3 is 2.54 bits per heavy atom. The van der Waals surface area contributed by atoms with Gasteiger partial charge in [-0.3, -0.25) is 0 Å². The molecule has 0 saturated carbocycles. The van der Waals surface area contributed by atoms with Crippen LogP contribution in [0.1, 0.15) is 28.3 Å². The van der Waals surface area contributed by atoms with Gasteiger partial charge in [0.2, 0.25) is 0 Å². The maximum absolute atomic E-state index is 12.3. The molecule has 1 aliphatic rings. The Balaban J connectivity index is 1.42. The van der Waals surface area contributed by atoms with E-state index in [0.29, 0.717) is 5.56 Å². The summed E-state index contributed by atoms with van der Waals surface area (Å²) in [6.45, 7) is -0.105. The first-order valence-electron chi connectivity index (χ1n) is 9.18. The average Bonchev–Trinajstić information content (AvgIpc) is 3.10. The third-order valence-electron chi connectivity index (χ3n) is 5.08. The average molecular weight is 375 g/mol. The maximum atomic E-state index is 12.3. The van der Waals surface area contributed by atoms with Crippen LogP contribution in [-0.4, -0.2) is 22.9 Å². The fourth-order valence-corrected chi connectivity index (χ4v) is 3.63. The van der Waals surface area contributed by atoms with E-state index in [4.69, 9.17) is 4.74 Å². The van der Waals surface area contributed by atoms with E-state index in [1.807, 2.05) is 24.3 Å². The molecule has 0 saturated heterocycles. The normalized spacial score (nSPS) is 12.8. The van der Waals surface area contributed by atoms with Gasteiger partial charge in [0.05, 0.1) is 12.6 Å². The van der Waals surface area contributed by atoms with E-state index in [9.17, 15) is 15.0 Å². The lowest BCUT2D eigenvalue weighted by atomic mass is 10.0. The van der Waals surface area contributed by atoms with Gasteiger partial charge in [-0.15, -0.1) is 0 Å². The molecule has 0 heterocycles. The molecule has 3 aromatic carbocycles. The lowest BCUT2D eigenvalue weighted by Crippen LogP contribution is -2.31. The molecule has 4 rings (SSSR count). The highest BCUT2D eigenvalue weighted by atomic mass is 16.5. The Kier molecular flexibility index (Phi) is 5.00. The van der Waals surface area contributed by atoms with Crippen LogP contribution in [0, 0.1) is 0 Å². The van der Waals surface area contributed by atoms with Gasteiger partial charge in [0.15, 0.2) is 0 Å². The molecule has 0 unspecified atom stereocenters. The first-order chi connectivity index (χ1) is 13.7. The number of carbonyl (C=O) groups is 1. The number of carbonyl (C=O) groups excluding carboxylic acids is 1. The Bertz CT molecular complexity index is 998. The molecule has 0 spiro atoms. The van der Waals surface area contributed by atoms with Crippen LogP contribution in [-0.2, 0) is 17.8 Å². The smallest absolute Gasteiger partial charge is 0.408 e. The highest BCUT2D eigenvalue weighted by Crippen LogP contribution is 2.38. The second-order valence-electron chi connectivity index (χ2n) is 6.82. The summed E-state index contributed by atoms with van der Waals surface area (Å²) >= 11 is 0. The molecule has 3 aromatic rings. The van der Waals surface area contributed by atoms with E-state index in [1.165, 1.54) is 34.4 Å². The van der Waals surface area contributed by atoms with Crippen LogP contribution in [0.5, 0.6) is 5.75 Å². The summed E-state index contributed by atoms with van der Waals surface area (Å²) in [7, 11) is 0. The fourth-order valence-electron chi connectivity index (χ4n) is 3.63. The van der Waals surface area contributed by atoms with E-state index in [0.717, 1.165) is 12.0 Å². The standard InChI is InChI=1S/C23H21NO4/c25-13-22(15-8-10-18(26)11-9-15)24-23(27)28-14-17-5-3-7-20-19-6-2-1-4-16(19)12-21(17)20/h1-11,22,25-26H,12-14H2,(H,24,27)/t22-/m0/s1. The number of alkyl carbamates (subject to hydrolysis) is 1. The van der Waals surface area contributed by atoms with Crippen molar-refractivity contribution in [3.8, 4) is 16.9 Å². The zero-order chi connectivity index (χ0) is 19.5. The molecule has 1 aliphatic carbocycles. The number of hydrogen-bond acceptors (Lipinski definition) is 4.